The third-order valence-corrected chi connectivity index (χ3v) is 4.21. The van der Waals surface area contributed by atoms with Gasteiger partial charge in [-0.25, -0.2) is 4.99 Å². The fraction of sp³-hybridized carbons (Fsp3) is 0.684. The van der Waals surface area contributed by atoms with Crippen LogP contribution >= 0.6 is 0 Å². The van der Waals surface area contributed by atoms with E-state index in [1.165, 1.54) is 6.42 Å². The van der Waals surface area contributed by atoms with Gasteiger partial charge in [0.2, 0.25) is 0 Å². The van der Waals surface area contributed by atoms with Gasteiger partial charge in [0, 0.05) is 20.0 Å². The molecule has 1 rings (SSSR count). The van der Waals surface area contributed by atoms with E-state index in [4.69, 9.17) is 5.11 Å². The zero-order chi connectivity index (χ0) is 17.6. The maximum Gasteiger partial charge on any atom is 0.303 e. The Morgan fingerprint density at radius 2 is 1.96 bits per heavy atom. The Hall–Kier alpha value is -1.78. The van der Waals surface area contributed by atoms with Gasteiger partial charge < -0.3 is 15.7 Å². The number of allylic oxidation sites excluding steroid dienone is 2. The molecule has 0 amide bonds. The summed E-state index contributed by atoms with van der Waals surface area (Å²) in [6.07, 6.45) is 13.2. The van der Waals surface area contributed by atoms with Crippen LogP contribution in [0.3, 0.4) is 0 Å². The van der Waals surface area contributed by atoms with Crippen LogP contribution < -0.4 is 10.6 Å². The average Bonchev–Trinajstić information content (AvgIpc) is 2.55. The number of rotatable bonds is 10. The molecule has 0 fully saturated rings. The predicted octanol–water partition coefficient (Wildman–Crippen LogP) is 3.98. The Bertz CT molecular complexity index is 456. The fourth-order valence-corrected chi connectivity index (χ4v) is 2.84. The van der Waals surface area contributed by atoms with Crippen LogP contribution in [0.2, 0.25) is 0 Å². The molecule has 1 heterocycles. The lowest BCUT2D eigenvalue weighted by Gasteiger charge is -2.15. The summed E-state index contributed by atoms with van der Waals surface area (Å²) in [5, 5.41) is 15.2. The van der Waals surface area contributed by atoms with Crippen molar-refractivity contribution in [1.29, 1.82) is 0 Å². The Morgan fingerprint density at radius 1 is 1.25 bits per heavy atom. The van der Waals surface area contributed by atoms with Gasteiger partial charge in [0.1, 0.15) is 5.82 Å². The lowest BCUT2D eigenvalue weighted by molar-refractivity contribution is -0.137. The first-order valence-electron chi connectivity index (χ1n) is 9.24. The van der Waals surface area contributed by atoms with E-state index in [-0.39, 0.29) is 0 Å². The van der Waals surface area contributed by atoms with Crippen molar-refractivity contribution in [3.05, 3.63) is 24.2 Å². The monoisotopic (exact) mass is 335 g/mol. The van der Waals surface area contributed by atoms with E-state index in [0.29, 0.717) is 6.42 Å². The molecule has 5 heteroatoms. The van der Waals surface area contributed by atoms with Crippen LogP contribution in [-0.4, -0.2) is 30.4 Å². The van der Waals surface area contributed by atoms with Gasteiger partial charge in [-0.2, -0.15) is 0 Å². The molecule has 136 valence electrons. The quantitative estimate of drug-likeness (QED) is 0.528. The van der Waals surface area contributed by atoms with Crippen molar-refractivity contribution in [2.75, 3.05) is 13.6 Å². The molecule has 0 radical (unpaired) electrons. The number of carboxylic acids is 1. The molecule has 0 bridgehead atoms. The van der Waals surface area contributed by atoms with Crippen LogP contribution in [0.25, 0.3) is 0 Å². The Kier molecular flexibility index (Phi) is 10.7. The van der Waals surface area contributed by atoms with Gasteiger partial charge in [0.05, 0.1) is 11.4 Å². The van der Waals surface area contributed by atoms with Crippen molar-refractivity contribution >= 4 is 11.7 Å². The Morgan fingerprint density at radius 3 is 2.67 bits per heavy atom. The van der Waals surface area contributed by atoms with Gasteiger partial charge in [-0.05, 0) is 38.5 Å². The second-order valence-electron chi connectivity index (χ2n) is 6.31. The lowest BCUT2D eigenvalue weighted by Crippen LogP contribution is -2.20. The third-order valence-electron chi connectivity index (χ3n) is 4.21. The molecule has 0 aromatic carbocycles. The second-order valence-corrected chi connectivity index (χ2v) is 6.31. The molecule has 0 aliphatic carbocycles. The number of aliphatic carboxylic acids is 1. The van der Waals surface area contributed by atoms with Crippen molar-refractivity contribution in [1.82, 2.24) is 10.6 Å². The molecule has 0 saturated carbocycles. The number of nitrogens with one attached hydrogen (secondary N) is 2. The predicted molar refractivity (Wildman–Crippen MR) is 100 cm³/mol. The van der Waals surface area contributed by atoms with E-state index in [1.54, 1.807) is 0 Å². The minimum atomic E-state index is -0.691. The number of carboxylic acid groups (broad SMARTS) is 1. The minimum Gasteiger partial charge on any atom is -0.481 e. The second kappa shape index (κ2) is 12.6. The largest absolute Gasteiger partial charge is 0.481 e. The van der Waals surface area contributed by atoms with Crippen molar-refractivity contribution in [3.63, 3.8) is 0 Å². The van der Waals surface area contributed by atoms with Gasteiger partial charge >= 0.3 is 5.97 Å². The minimum absolute atomic E-state index is 0.294. The fourth-order valence-electron chi connectivity index (χ4n) is 2.84. The van der Waals surface area contributed by atoms with Crippen LogP contribution in [0.15, 0.2) is 29.2 Å². The van der Waals surface area contributed by atoms with Crippen LogP contribution in [-0.2, 0) is 4.79 Å². The molecular formula is C19H33N3O2. The summed E-state index contributed by atoms with van der Waals surface area (Å²) in [6.45, 7) is 4.94. The van der Waals surface area contributed by atoms with E-state index in [9.17, 15) is 4.79 Å². The van der Waals surface area contributed by atoms with Crippen molar-refractivity contribution in [3.8, 4) is 0 Å². The molecule has 5 nitrogen and oxygen atoms in total. The highest BCUT2D eigenvalue weighted by Gasteiger charge is 2.08. The highest BCUT2D eigenvalue weighted by Crippen LogP contribution is 2.13. The smallest absolute Gasteiger partial charge is 0.303 e. The molecule has 0 aromatic rings. The number of nitrogens with zero attached hydrogens (tertiary/aromatic N) is 1. The van der Waals surface area contributed by atoms with Gasteiger partial charge in [-0.3, -0.25) is 4.79 Å². The van der Waals surface area contributed by atoms with Crippen LogP contribution in [0.4, 0.5) is 0 Å². The molecule has 0 spiro atoms. The molecule has 0 unspecified atom stereocenters. The lowest BCUT2D eigenvalue weighted by atomic mass is 10.0. The highest BCUT2D eigenvalue weighted by molar-refractivity contribution is 6.00. The molecular weight excluding hydrogens is 302 g/mol. The first-order chi connectivity index (χ1) is 11.6. The zero-order valence-corrected chi connectivity index (χ0v) is 15.1. The highest BCUT2D eigenvalue weighted by atomic mass is 16.4. The summed E-state index contributed by atoms with van der Waals surface area (Å²) in [4.78, 5) is 15.1. The number of aliphatic imine (C=N–C) groups is 1. The van der Waals surface area contributed by atoms with Crippen LogP contribution in [0.1, 0.15) is 70.6 Å². The number of hydrogen-bond acceptors (Lipinski definition) is 4. The summed E-state index contributed by atoms with van der Waals surface area (Å²) in [6, 6.07) is 0. The number of carbonyl (C=O) groups is 1. The number of hydrogen-bond donors (Lipinski definition) is 3. The maximum absolute atomic E-state index is 10.5. The summed E-state index contributed by atoms with van der Waals surface area (Å²) in [7, 11) is 1.95. The van der Waals surface area contributed by atoms with Gasteiger partial charge in [0.25, 0.3) is 0 Å². The SMILES string of the molecule is C=C1N=C(CCCCCCCCC(=O)O)/C(NC)=C\CCCCN1. The Labute approximate surface area is 146 Å². The molecule has 0 atom stereocenters. The maximum atomic E-state index is 10.5. The average molecular weight is 335 g/mol. The summed E-state index contributed by atoms with van der Waals surface area (Å²) in [5.74, 6) is 0.0611. The van der Waals surface area contributed by atoms with Crippen molar-refractivity contribution < 1.29 is 9.90 Å². The molecule has 1 aliphatic heterocycles. The van der Waals surface area contributed by atoms with E-state index >= 15 is 0 Å². The third kappa shape index (κ3) is 9.38. The van der Waals surface area contributed by atoms with Crippen molar-refractivity contribution in [2.45, 2.75) is 70.6 Å². The van der Waals surface area contributed by atoms with Gasteiger partial charge in [-0.15, -0.1) is 0 Å². The summed E-state index contributed by atoms with van der Waals surface area (Å²) < 4.78 is 0. The van der Waals surface area contributed by atoms with Crippen LogP contribution in [0.5, 0.6) is 0 Å². The van der Waals surface area contributed by atoms with Gasteiger partial charge in [0.15, 0.2) is 0 Å². The molecule has 1 aliphatic rings. The van der Waals surface area contributed by atoms with Crippen LogP contribution in [0, 0.1) is 0 Å². The first-order valence-corrected chi connectivity index (χ1v) is 9.24. The first kappa shape index (κ1) is 20.3. The summed E-state index contributed by atoms with van der Waals surface area (Å²) >= 11 is 0. The van der Waals surface area contributed by atoms with E-state index < -0.39 is 5.97 Å². The molecule has 3 N–H and O–H groups in total. The van der Waals surface area contributed by atoms with E-state index in [0.717, 1.165) is 81.6 Å². The standard InChI is InChI=1S/C19H33N3O2/c1-16-21-15-11-7-9-12-17(20-2)18(22-16)13-8-5-3-4-6-10-14-19(23)24/h12,20-21H,1,3-11,13-15H2,2H3,(H,23,24)/b17-12+,22-18?. The van der Waals surface area contributed by atoms with E-state index in [1.807, 2.05) is 7.05 Å². The molecule has 0 aromatic heterocycles. The molecule has 24 heavy (non-hydrogen) atoms. The van der Waals surface area contributed by atoms with E-state index in [2.05, 4.69) is 28.3 Å². The topological polar surface area (TPSA) is 73.7 Å². The van der Waals surface area contributed by atoms with Gasteiger partial charge in [-0.1, -0.05) is 38.3 Å². The van der Waals surface area contributed by atoms with Crippen molar-refractivity contribution in [2.24, 2.45) is 4.99 Å². The molecule has 0 saturated heterocycles. The number of unbranched alkanes of at least 4 members (excludes halogenated alkanes) is 5. The normalized spacial score (nSPS) is 18.1. The zero-order valence-electron chi connectivity index (χ0n) is 15.1. The summed E-state index contributed by atoms with van der Waals surface area (Å²) in [5.41, 5.74) is 2.21. The Balaban J connectivity index is 2.36.